The van der Waals surface area contributed by atoms with Crippen molar-refractivity contribution in [2.75, 3.05) is 26.8 Å². The quantitative estimate of drug-likeness (QED) is 0.633. The largest absolute Gasteiger partial charge is 0.492 e. The summed E-state index contributed by atoms with van der Waals surface area (Å²) in [5.74, 6) is 1.82. The SMILES string of the molecule is CCc1nn(CCO)c(CC)c1Oc1cc(C#N)cc(OCCNC)c1. The maximum atomic E-state index is 9.28. The standard InChI is InChI=1S/C19H26N4O3/c1-4-17-19(18(5-2)23(22-17)7-8-24)26-16-11-14(13-20)10-15(12-16)25-9-6-21-3/h10-12,21,24H,4-9H2,1-3H3. The molecule has 7 heteroatoms. The molecule has 0 saturated carbocycles. The Morgan fingerprint density at radius 2 is 2.00 bits per heavy atom. The number of likely N-dealkylation sites (N-methyl/N-ethyl adjacent to an activating group) is 1. The second kappa shape index (κ2) is 9.80. The van der Waals surface area contributed by atoms with Crippen molar-refractivity contribution in [2.45, 2.75) is 33.2 Å². The molecule has 7 nitrogen and oxygen atoms in total. The topological polar surface area (TPSA) is 92.3 Å². The molecular weight excluding hydrogens is 332 g/mol. The highest BCUT2D eigenvalue weighted by Gasteiger charge is 2.18. The molecule has 26 heavy (non-hydrogen) atoms. The van der Waals surface area contributed by atoms with Gasteiger partial charge in [-0.25, -0.2) is 0 Å². The van der Waals surface area contributed by atoms with Gasteiger partial charge in [0.15, 0.2) is 5.75 Å². The van der Waals surface area contributed by atoms with Gasteiger partial charge in [-0.15, -0.1) is 0 Å². The number of ether oxygens (including phenoxy) is 2. The molecule has 0 radical (unpaired) electrons. The number of nitrogens with zero attached hydrogens (tertiary/aromatic N) is 3. The number of aryl methyl sites for hydroxylation is 1. The lowest BCUT2D eigenvalue weighted by Crippen LogP contribution is -2.15. The van der Waals surface area contributed by atoms with Gasteiger partial charge in [0.2, 0.25) is 0 Å². The first-order valence-corrected chi connectivity index (χ1v) is 8.86. The van der Waals surface area contributed by atoms with Crippen LogP contribution in [0.2, 0.25) is 0 Å². The molecule has 0 spiro atoms. The summed E-state index contributed by atoms with van der Waals surface area (Å²) in [5, 5.41) is 26.1. The normalized spacial score (nSPS) is 10.6. The first-order chi connectivity index (χ1) is 12.7. The van der Waals surface area contributed by atoms with E-state index < -0.39 is 0 Å². The highest BCUT2D eigenvalue weighted by Crippen LogP contribution is 2.33. The smallest absolute Gasteiger partial charge is 0.171 e. The van der Waals surface area contributed by atoms with Crippen LogP contribution in [0.4, 0.5) is 0 Å². The molecule has 2 rings (SSSR count). The van der Waals surface area contributed by atoms with Crippen molar-refractivity contribution in [3.63, 3.8) is 0 Å². The predicted octanol–water partition coefficient (Wildman–Crippen LogP) is 2.26. The zero-order valence-corrected chi connectivity index (χ0v) is 15.6. The van der Waals surface area contributed by atoms with Gasteiger partial charge in [0, 0.05) is 12.6 Å². The van der Waals surface area contributed by atoms with Gasteiger partial charge in [0.25, 0.3) is 0 Å². The molecule has 0 atom stereocenters. The first kappa shape index (κ1) is 19.8. The van der Waals surface area contributed by atoms with Gasteiger partial charge in [-0.2, -0.15) is 10.4 Å². The van der Waals surface area contributed by atoms with Crippen molar-refractivity contribution in [2.24, 2.45) is 0 Å². The van der Waals surface area contributed by atoms with E-state index in [0.717, 1.165) is 17.8 Å². The van der Waals surface area contributed by atoms with Gasteiger partial charge in [-0.3, -0.25) is 4.68 Å². The lowest BCUT2D eigenvalue weighted by atomic mass is 10.2. The van der Waals surface area contributed by atoms with Gasteiger partial charge < -0.3 is 19.9 Å². The molecule has 0 aliphatic rings. The van der Waals surface area contributed by atoms with E-state index in [0.29, 0.717) is 48.9 Å². The second-order valence-electron chi connectivity index (χ2n) is 5.74. The average molecular weight is 358 g/mol. The Morgan fingerprint density at radius 1 is 1.23 bits per heavy atom. The number of hydrogen-bond donors (Lipinski definition) is 2. The van der Waals surface area contributed by atoms with E-state index in [1.165, 1.54) is 0 Å². The van der Waals surface area contributed by atoms with Crippen LogP contribution in [-0.2, 0) is 19.4 Å². The van der Waals surface area contributed by atoms with Crippen LogP contribution in [0.3, 0.4) is 0 Å². The van der Waals surface area contributed by atoms with E-state index in [1.54, 1.807) is 22.9 Å². The number of nitriles is 1. The number of aliphatic hydroxyl groups excluding tert-OH is 1. The average Bonchev–Trinajstić information content (AvgIpc) is 2.98. The van der Waals surface area contributed by atoms with E-state index in [1.807, 2.05) is 20.9 Å². The Morgan fingerprint density at radius 3 is 2.62 bits per heavy atom. The predicted molar refractivity (Wildman–Crippen MR) is 98.7 cm³/mol. The van der Waals surface area contributed by atoms with E-state index >= 15 is 0 Å². The summed E-state index contributed by atoms with van der Waals surface area (Å²) in [4.78, 5) is 0. The van der Waals surface area contributed by atoms with Crippen molar-refractivity contribution in [3.05, 3.63) is 35.2 Å². The van der Waals surface area contributed by atoms with Crippen LogP contribution in [0.1, 0.15) is 30.8 Å². The third-order valence-electron chi connectivity index (χ3n) is 3.91. The van der Waals surface area contributed by atoms with Gasteiger partial charge in [0.1, 0.15) is 23.8 Å². The lowest BCUT2D eigenvalue weighted by molar-refractivity contribution is 0.267. The van der Waals surface area contributed by atoms with Crippen LogP contribution >= 0.6 is 0 Å². The van der Waals surface area contributed by atoms with Crippen LogP contribution in [-0.4, -0.2) is 41.7 Å². The zero-order valence-electron chi connectivity index (χ0n) is 15.6. The fourth-order valence-corrected chi connectivity index (χ4v) is 2.67. The van der Waals surface area contributed by atoms with Crippen LogP contribution in [0.25, 0.3) is 0 Å². The van der Waals surface area contributed by atoms with Crippen LogP contribution in [0, 0.1) is 11.3 Å². The minimum atomic E-state index is 0.0185. The highest BCUT2D eigenvalue weighted by molar-refractivity contribution is 5.47. The maximum Gasteiger partial charge on any atom is 0.171 e. The van der Waals surface area contributed by atoms with Crippen molar-refractivity contribution >= 4 is 0 Å². The minimum Gasteiger partial charge on any atom is -0.492 e. The molecule has 1 heterocycles. The summed E-state index contributed by atoms with van der Waals surface area (Å²) in [6.07, 6.45) is 1.44. The number of aliphatic hydroxyl groups is 1. The Balaban J connectivity index is 2.35. The molecule has 0 unspecified atom stereocenters. The van der Waals surface area contributed by atoms with Gasteiger partial charge in [-0.05, 0) is 32.0 Å². The summed E-state index contributed by atoms with van der Waals surface area (Å²) in [5.41, 5.74) is 2.23. The van der Waals surface area contributed by atoms with E-state index in [9.17, 15) is 10.4 Å². The summed E-state index contributed by atoms with van der Waals surface area (Å²) in [6, 6.07) is 7.30. The number of rotatable bonds is 10. The fourth-order valence-electron chi connectivity index (χ4n) is 2.67. The molecule has 2 aromatic rings. The molecule has 0 fully saturated rings. The number of benzene rings is 1. The van der Waals surface area contributed by atoms with Crippen molar-refractivity contribution in [1.29, 1.82) is 5.26 Å². The molecule has 0 aliphatic heterocycles. The molecular formula is C19H26N4O3. The van der Waals surface area contributed by atoms with Gasteiger partial charge in [0.05, 0.1) is 30.5 Å². The van der Waals surface area contributed by atoms with Crippen molar-refractivity contribution < 1.29 is 14.6 Å². The number of aromatic nitrogens is 2. The third-order valence-corrected chi connectivity index (χ3v) is 3.91. The summed E-state index contributed by atoms with van der Waals surface area (Å²) in [6.45, 7) is 5.69. The molecule has 2 N–H and O–H groups in total. The highest BCUT2D eigenvalue weighted by atomic mass is 16.5. The van der Waals surface area contributed by atoms with E-state index in [4.69, 9.17) is 9.47 Å². The molecule has 0 saturated heterocycles. The molecule has 140 valence electrons. The molecule has 1 aromatic carbocycles. The molecule has 0 amide bonds. The third kappa shape index (κ3) is 4.75. The zero-order chi connectivity index (χ0) is 18.9. The summed E-state index contributed by atoms with van der Waals surface area (Å²) >= 11 is 0. The van der Waals surface area contributed by atoms with Crippen LogP contribution in [0.15, 0.2) is 18.2 Å². The molecule has 0 aliphatic carbocycles. The summed E-state index contributed by atoms with van der Waals surface area (Å²) < 4.78 is 13.6. The van der Waals surface area contributed by atoms with Gasteiger partial charge >= 0.3 is 0 Å². The Kier molecular flexibility index (Phi) is 7.45. The fraction of sp³-hybridized carbons (Fsp3) is 0.474. The number of hydrogen-bond acceptors (Lipinski definition) is 6. The van der Waals surface area contributed by atoms with Crippen LogP contribution < -0.4 is 14.8 Å². The molecule has 0 bridgehead atoms. The minimum absolute atomic E-state index is 0.0185. The van der Waals surface area contributed by atoms with E-state index in [2.05, 4.69) is 16.5 Å². The van der Waals surface area contributed by atoms with E-state index in [-0.39, 0.29) is 6.61 Å². The van der Waals surface area contributed by atoms with Crippen molar-refractivity contribution in [3.8, 4) is 23.3 Å². The maximum absolute atomic E-state index is 9.28. The molecule has 1 aromatic heterocycles. The Hall–Kier alpha value is -2.56. The van der Waals surface area contributed by atoms with Crippen LogP contribution in [0.5, 0.6) is 17.2 Å². The van der Waals surface area contributed by atoms with Crippen molar-refractivity contribution in [1.82, 2.24) is 15.1 Å². The Bertz CT molecular complexity index is 765. The monoisotopic (exact) mass is 358 g/mol. The van der Waals surface area contributed by atoms with Gasteiger partial charge in [-0.1, -0.05) is 13.8 Å². The first-order valence-electron chi connectivity index (χ1n) is 8.86. The second-order valence-corrected chi connectivity index (χ2v) is 5.74. The Labute approximate surface area is 154 Å². The summed E-state index contributed by atoms with van der Waals surface area (Å²) in [7, 11) is 1.85. The lowest BCUT2D eigenvalue weighted by Gasteiger charge is -2.12. The number of nitrogens with one attached hydrogen (secondary N) is 1.